The van der Waals surface area contributed by atoms with E-state index >= 15 is 0 Å². The van der Waals surface area contributed by atoms with E-state index in [1.807, 2.05) is 34.1 Å². The fourth-order valence-corrected chi connectivity index (χ4v) is 5.52. The van der Waals surface area contributed by atoms with Crippen LogP contribution in [0.1, 0.15) is 53.0 Å². The number of likely N-dealkylation sites (tertiary alicyclic amines) is 1. The molecule has 37 heavy (non-hydrogen) atoms. The number of aryl methyl sites for hydroxylation is 1. The number of benzene rings is 1. The lowest BCUT2D eigenvalue weighted by molar-refractivity contribution is 0.102. The van der Waals surface area contributed by atoms with Crippen LogP contribution in [0, 0.1) is 0 Å². The fraction of sp³-hybridized carbons (Fsp3) is 0.444. The Morgan fingerprint density at radius 2 is 1.76 bits per heavy atom. The topological polar surface area (TPSA) is 105 Å². The lowest BCUT2D eigenvalue weighted by Gasteiger charge is -2.32. The summed E-state index contributed by atoms with van der Waals surface area (Å²) in [5.74, 6) is 2.34. The molecule has 3 amide bonds. The normalized spacial score (nSPS) is 16.8. The van der Waals surface area contributed by atoms with Gasteiger partial charge < -0.3 is 24.4 Å². The van der Waals surface area contributed by atoms with Crippen molar-refractivity contribution in [1.82, 2.24) is 29.5 Å². The molecule has 1 N–H and O–H groups in total. The van der Waals surface area contributed by atoms with Crippen LogP contribution in [0.2, 0.25) is 0 Å². The minimum absolute atomic E-state index is 0.0849. The molecule has 10 heteroatoms. The molecule has 0 bridgehead atoms. The van der Waals surface area contributed by atoms with E-state index in [0.29, 0.717) is 35.9 Å². The predicted octanol–water partition coefficient (Wildman–Crippen LogP) is 3.51. The van der Waals surface area contributed by atoms with Gasteiger partial charge in [0.2, 0.25) is 0 Å². The summed E-state index contributed by atoms with van der Waals surface area (Å²) in [6.45, 7) is 3.67. The third kappa shape index (κ3) is 4.52. The quantitative estimate of drug-likeness (QED) is 0.587. The summed E-state index contributed by atoms with van der Waals surface area (Å²) >= 11 is 0. The summed E-state index contributed by atoms with van der Waals surface area (Å²) in [5.41, 5.74) is 3.17. The lowest BCUT2D eigenvalue weighted by Crippen LogP contribution is -2.44. The van der Waals surface area contributed by atoms with Gasteiger partial charge in [-0.3, -0.25) is 4.79 Å². The molecule has 10 nitrogen and oxygen atoms in total. The van der Waals surface area contributed by atoms with Crippen LogP contribution < -0.4 is 10.1 Å². The largest absolute Gasteiger partial charge is 0.496 e. The Labute approximate surface area is 215 Å². The summed E-state index contributed by atoms with van der Waals surface area (Å²) < 4.78 is 7.69. The molecule has 1 aromatic carbocycles. The number of anilines is 1. The van der Waals surface area contributed by atoms with Gasteiger partial charge >= 0.3 is 6.03 Å². The zero-order valence-electron chi connectivity index (χ0n) is 21.1. The van der Waals surface area contributed by atoms with Crippen molar-refractivity contribution in [2.75, 3.05) is 32.1 Å². The van der Waals surface area contributed by atoms with Gasteiger partial charge in [0.15, 0.2) is 5.82 Å². The molecule has 2 aromatic heterocycles. The third-order valence-electron chi connectivity index (χ3n) is 7.51. The maximum Gasteiger partial charge on any atom is 0.320 e. The third-order valence-corrected chi connectivity index (χ3v) is 7.51. The highest BCUT2D eigenvalue weighted by molar-refractivity contribution is 6.06. The van der Waals surface area contributed by atoms with E-state index in [2.05, 4.69) is 25.1 Å². The number of nitrogens with zero attached hydrogens (tertiary/aromatic N) is 6. The van der Waals surface area contributed by atoms with Crippen LogP contribution in [-0.4, -0.2) is 68.2 Å². The lowest BCUT2D eigenvalue weighted by atomic mass is 9.96. The zero-order valence-corrected chi connectivity index (χ0v) is 21.1. The van der Waals surface area contributed by atoms with Crippen molar-refractivity contribution in [3.63, 3.8) is 0 Å². The molecule has 3 aromatic rings. The highest BCUT2D eigenvalue weighted by atomic mass is 16.5. The molecular formula is C27H31N7O3. The van der Waals surface area contributed by atoms with E-state index in [9.17, 15) is 9.59 Å². The van der Waals surface area contributed by atoms with Crippen molar-refractivity contribution in [1.29, 1.82) is 0 Å². The Balaban J connectivity index is 1.23. The standard InChI is InChI=1S/C27H31N7O3/c1-37-22-16-18-10-14-33(27(36)32-11-4-5-12-32)17-19(18)15-20(22)26(35)29-23-8-6-7-21(28-23)25-31-30-24-9-2-3-13-34(24)25/h6-8,15-16H,2-5,9-14,17H2,1H3,(H,28,29,35). The van der Waals surface area contributed by atoms with Crippen molar-refractivity contribution < 1.29 is 14.3 Å². The number of ether oxygens (including phenoxy) is 1. The van der Waals surface area contributed by atoms with E-state index < -0.39 is 0 Å². The average molecular weight is 502 g/mol. The second-order valence-electron chi connectivity index (χ2n) is 9.88. The van der Waals surface area contributed by atoms with E-state index in [1.165, 1.54) is 0 Å². The molecule has 5 heterocycles. The smallest absolute Gasteiger partial charge is 0.320 e. The Bertz CT molecular complexity index is 1350. The van der Waals surface area contributed by atoms with Crippen LogP contribution in [-0.2, 0) is 25.9 Å². The van der Waals surface area contributed by atoms with Gasteiger partial charge in [-0.25, -0.2) is 9.78 Å². The number of rotatable bonds is 4. The number of nitrogens with one attached hydrogen (secondary N) is 1. The number of fused-ring (bicyclic) bond motifs is 2. The number of methoxy groups -OCH3 is 1. The first kappa shape index (κ1) is 23.4. The minimum Gasteiger partial charge on any atom is -0.496 e. The monoisotopic (exact) mass is 501 g/mol. The first-order valence-electron chi connectivity index (χ1n) is 13.0. The number of amides is 3. The number of carbonyl (C=O) groups excluding carboxylic acids is 2. The van der Waals surface area contributed by atoms with E-state index in [4.69, 9.17) is 4.74 Å². The second-order valence-corrected chi connectivity index (χ2v) is 9.88. The number of carbonyl (C=O) groups is 2. The predicted molar refractivity (Wildman–Crippen MR) is 137 cm³/mol. The Hall–Kier alpha value is -3.95. The molecule has 192 valence electrons. The summed E-state index contributed by atoms with van der Waals surface area (Å²) in [7, 11) is 1.57. The molecule has 0 saturated carbocycles. The molecule has 1 fully saturated rings. The number of aromatic nitrogens is 4. The van der Waals surface area contributed by atoms with Gasteiger partial charge in [-0.2, -0.15) is 0 Å². The minimum atomic E-state index is -0.310. The molecule has 6 rings (SSSR count). The van der Waals surface area contributed by atoms with Crippen LogP contribution >= 0.6 is 0 Å². The maximum absolute atomic E-state index is 13.4. The Morgan fingerprint density at radius 3 is 2.59 bits per heavy atom. The molecule has 3 aliphatic heterocycles. The molecule has 0 aliphatic carbocycles. The van der Waals surface area contributed by atoms with E-state index in [-0.39, 0.29) is 11.9 Å². The first-order chi connectivity index (χ1) is 18.1. The van der Waals surface area contributed by atoms with Crippen molar-refractivity contribution in [3.05, 3.63) is 52.8 Å². The maximum atomic E-state index is 13.4. The first-order valence-corrected chi connectivity index (χ1v) is 13.0. The van der Waals surface area contributed by atoms with Gasteiger partial charge in [-0.15, -0.1) is 10.2 Å². The van der Waals surface area contributed by atoms with Crippen molar-refractivity contribution >= 4 is 17.8 Å². The summed E-state index contributed by atoms with van der Waals surface area (Å²) in [6, 6.07) is 9.36. The molecular weight excluding hydrogens is 470 g/mol. The zero-order chi connectivity index (χ0) is 25.4. The number of pyridine rings is 1. The van der Waals surface area contributed by atoms with Gasteiger partial charge in [-0.05, 0) is 67.5 Å². The van der Waals surface area contributed by atoms with Crippen LogP contribution in [0.15, 0.2) is 30.3 Å². The van der Waals surface area contributed by atoms with E-state index in [0.717, 1.165) is 80.9 Å². The van der Waals surface area contributed by atoms with Crippen LogP contribution in [0.4, 0.5) is 10.6 Å². The van der Waals surface area contributed by atoms with Crippen molar-refractivity contribution in [2.45, 2.75) is 51.6 Å². The molecule has 0 spiro atoms. The van der Waals surface area contributed by atoms with Crippen molar-refractivity contribution in [3.8, 4) is 17.3 Å². The van der Waals surface area contributed by atoms with Gasteiger partial charge in [0.25, 0.3) is 5.91 Å². The summed E-state index contributed by atoms with van der Waals surface area (Å²) in [5, 5.41) is 11.6. The van der Waals surface area contributed by atoms with Crippen molar-refractivity contribution in [2.24, 2.45) is 0 Å². The molecule has 0 radical (unpaired) electrons. The van der Waals surface area contributed by atoms with Gasteiger partial charge in [0, 0.05) is 39.1 Å². The molecule has 0 atom stereocenters. The molecule has 1 saturated heterocycles. The molecule has 0 unspecified atom stereocenters. The van der Waals surface area contributed by atoms with Gasteiger partial charge in [0.05, 0.1) is 12.7 Å². The Kier molecular flexibility index (Phi) is 6.23. The number of hydrogen-bond donors (Lipinski definition) is 1. The number of urea groups is 1. The summed E-state index contributed by atoms with van der Waals surface area (Å²) in [4.78, 5) is 34.8. The fourth-order valence-electron chi connectivity index (χ4n) is 5.52. The van der Waals surface area contributed by atoms with Crippen LogP contribution in [0.3, 0.4) is 0 Å². The highest BCUT2D eigenvalue weighted by Crippen LogP contribution is 2.30. The van der Waals surface area contributed by atoms with Gasteiger partial charge in [0.1, 0.15) is 23.1 Å². The summed E-state index contributed by atoms with van der Waals surface area (Å²) in [6.07, 6.45) is 5.99. The SMILES string of the molecule is COc1cc2c(cc1C(=O)Nc1cccc(-c3nnc4n3CCCC4)n1)CN(C(=O)N1CCCC1)CC2. The van der Waals surface area contributed by atoms with E-state index in [1.54, 1.807) is 13.2 Å². The van der Waals surface area contributed by atoms with Gasteiger partial charge in [-0.1, -0.05) is 6.07 Å². The Morgan fingerprint density at radius 1 is 0.919 bits per heavy atom. The average Bonchev–Trinajstić information content (AvgIpc) is 3.62. The second kappa shape index (κ2) is 9.84. The van der Waals surface area contributed by atoms with Crippen LogP contribution in [0.5, 0.6) is 5.75 Å². The molecule has 3 aliphatic rings. The number of hydrogen-bond acceptors (Lipinski definition) is 6. The van der Waals surface area contributed by atoms with Crippen LogP contribution in [0.25, 0.3) is 11.5 Å². The highest BCUT2D eigenvalue weighted by Gasteiger charge is 2.28.